The second kappa shape index (κ2) is 15.2. The average Bonchev–Trinajstić information content (AvgIpc) is 3.14. The molecule has 0 spiro atoms. The highest BCUT2D eigenvalue weighted by molar-refractivity contribution is 5.94. The summed E-state index contributed by atoms with van der Waals surface area (Å²) in [6.07, 6.45) is -11.5. The van der Waals surface area contributed by atoms with Crippen LogP contribution in [0.15, 0.2) is 71.8 Å². The lowest BCUT2D eigenvalue weighted by Crippen LogP contribution is -2.81. The molecule has 3 aliphatic carbocycles. The van der Waals surface area contributed by atoms with E-state index < -0.39 is 112 Å². The van der Waals surface area contributed by atoms with E-state index in [2.05, 4.69) is 5.32 Å². The molecular weight excluding hydrogens is 754 g/mol. The van der Waals surface area contributed by atoms with Crippen LogP contribution < -0.4 is 5.32 Å². The Balaban J connectivity index is 1.49. The van der Waals surface area contributed by atoms with Gasteiger partial charge in [0.2, 0.25) is 0 Å². The highest BCUT2D eigenvalue weighted by atomic mass is 16.6. The molecule has 0 radical (unpaired) electrons. The quantitative estimate of drug-likeness (QED) is 0.147. The number of hydrogen-bond acceptors (Lipinski definition) is 14. The number of amides is 1. The molecule has 1 saturated heterocycles. The van der Waals surface area contributed by atoms with Crippen LogP contribution >= 0.6 is 0 Å². The number of aliphatic hydroxyl groups is 4. The number of ketones is 1. The molecule has 15 nitrogen and oxygen atoms in total. The Hall–Kier alpha value is -4.67. The Morgan fingerprint density at radius 3 is 2.10 bits per heavy atom. The van der Waals surface area contributed by atoms with Crippen molar-refractivity contribution in [1.29, 1.82) is 0 Å². The minimum Gasteiger partial charge on any atom is -0.456 e. The monoisotopic (exact) mass is 807 g/mol. The highest BCUT2D eigenvalue weighted by Crippen LogP contribution is 2.64. The fourth-order valence-corrected chi connectivity index (χ4v) is 9.56. The first-order valence-corrected chi connectivity index (χ1v) is 19.3. The third-order valence-electron chi connectivity index (χ3n) is 12.6. The largest absolute Gasteiger partial charge is 0.456 e. The van der Waals surface area contributed by atoms with Crippen LogP contribution in [0, 0.1) is 16.7 Å². The van der Waals surface area contributed by atoms with Crippen molar-refractivity contribution >= 4 is 29.8 Å². The lowest BCUT2D eigenvalue weighted by Gasteiger charge is -2.67. The van der Waals surface area contributed by atoms with Gasteiger partial charge in [-0.05, 0) is 63.5 Å². The topological polar surface area (TPSA) is 224 Å². The van der Waals surface area contributed by atoms with Crippen LogP contribution in [0.2, 0.25) is 0 Å². The first kappa shape index (κ1) is 42.9. The highest BCUT2D eigenvalue weighted by Gasteiger charge is 2.78. The first-order valence-electron chi connectivity index (χ1n) is 19.3. The number of carbonyl (C=O) groups excluding carboxylic acids is 5. The Labute approximate surface area is 336 Å². The van der Waals surface area contributed by atoms with Gasteiger partial charge in [-0.1, -0.05) is 62.4 Å². The van der Waals surface area contributed by atoms with Gasteiger partial charge in [0.05, 0.1) is 35.6 Å². The first-order chi connectivity index (χ1) is 27.0. The van der Waals surface area contributed by atoms with E-state index in [9.17, 15) is 44.4 Å². The van der Waals surface area contributed by atoms with Gasteiger partial charge in [-0.2, -0.15) is 0 Å². The summed E-state index contributed by atoms with van der Waals surface area (Å²) in [4.78, 5) is 68.9. The average molecular weight is 808 g/mol. The number of benzene rings is 2. The Morgan fingerprint density at radius 1 is 0.948 bits per heavy atom. The van der Waals surface area contributed by atoms with Gasteiger partial charge in [-0.25, -0.2) is 14.4 Å². The molecule has 1 heterocycles. The zero-order valence-corrected chi connectivity index (χ0v) is 33.9. The number of ether oxygens (including phenoxy) is 5. The predicted molar refractivity (Wildman–Crippen MR) is 204 cm³/mol. The molecule has 5 N–H and O–H groups in total. The van der Waals surface area contributed by atoms with E-state index in [4.69, 9.17) is 23.7 Å². The molecule has 2 saturated carbocycles. The van der Waals surface area contributed by atoms with Gasteiger partial charge >= 0.3 is 24.0 Å². The molecule has 314 valence electrons. The summed E-state index contributed by atoms with van der Waals surface area (Å²) in [7, 11) is 0. The Bertz CT molecular complexity index is 1980. The number of nitrogens with one attached hydrogen (secondary N) is 1. The van der Waals surface area contributed by atoms with E-state index in [1.807, 2.05) is 0 Å². The third-order valence-corrected chi connectivity index (χ3v) is 12.6. The van der Waals surface area contributed by atoms with Crippen molar-refractivity contribution < 1.29 is 68.1 Å². The van der Waals surface area contributed by atoms with Gasteiger partial charge in [0.1, 0.15) is 35.6 Å². The second-order valence-electron chi connectivity index (χ2n) is 17.6. The lowest BCUT2D eigenvalue weighted by atomic mass is 9.44. The molecule has 0 aromatic heterocycles. The van der Waals surface area contributed by atoms with Crippen LogP contribution in [0.5, 0.6) is 0 Å². The van der Waals surface area contributed by atoms with Crippen molar-refractivity contribution in [2.24, 2.45) is 16.7 Å². The normalized spacial score (nSPS) is 33.7. The van der Waals surface area contributed by atoms with E-state index in [1.54, 1.807) is 83.1 Å². The van der Waals surface area contributed by atoms with Gasteiger partial charge in [0, 0.05) is 25.2 Å². The predicted octanol–water partition coefficient (Wildman–Crippen LogP) is 3.26. The van der Waals surface area contributed by atoms with Crippen LogP contribution in [-0.2, 0) is 38.1 Å². The fraction of sp³-hybridized carbons (Fsp3) is 0.558. The molecule has 2 bridgehead atoms. The molecule has 1 aliphatic heterocycles. The van der Waals surface area contributed by atoms with Crippen molar-refractivity contribution in [3.05, 3.63) is 82.9 Å². The van der Waals surface area contributed by atoms with Gasteiger partial charge in [-0.15, -0.1) is 0 Å². The summed E-state index contributed by atoms with van der Waals surface area (Å²) in [6.45, 7) is 11.8. The number of fused-ring (bicyclic) bond motifs is 5. The maximum atomic E-state index is 14.9. The third kappa shape index (κ3) is 7.10. The molecule has 2 aromatic rings. The summed E-state index contributed by atoms with van der Waals surface area (Å²) >= 11 is 0. The Morgan fingerprint density at radius 2 is 1.55 bits per heavy atom. The number of Topliss-reactive ketones (excluding diaryl/α,β-unsaturated/α-hetero) is 1. The van der Waals surface area contributed by atoms with Gasteiger partial charge < -0.3 is 49.4 Å². The maximum Gasteiger partial charge on any atom is 0.408 e. The van der Waals surface area contributed by atoms with Crippen LogP contribution in [0.25, 0.3) is 0 Å². The minimum absolute atomic E-state index is 0.0637. The summed E-state index contributed by atoms with van der Waals surface area (Å²) in [5.41, 5.74) is -8.14. The van der Waals surface area contributed by atoms with Crippen molar-refractivity contribution in [2.45, 2.75) is 128 Å². The van der Waals surface area contributed by atoms with Gasteiger partial charge in [0.15, 0.2) is 17.5 Å². The number of alkyl carbamates (subject to hydrolysis) is 1. The summed E-state index contributed by atoms with van der Waals surface area (Å²) in [5.74, 6) is -5.36. The van der Waals surface area contributed by atoms with Crippen molar-refractivity contribution in [3.8, 4) is 0 Å². The molecular formula is C43H53NO14. The zero-order valence-electron chi connectivity index (χ0n) is 33.9. The second-order valence-corrected chi connectivity index (χ2v) is 17.6. The molecule has 0 unspecified atom stereocenters. The molecule has 1 amide bonds. The molecule has 2 aromatic carbocycles. The van der Waals surface area contributed by atoms with Gasteiger partial charge in [0.25, 0.3) is 0 Å². The van der Waals surface area contributed by atoms with Crippen LogP contribution in [0.3, 0.4) is 0 Å². The van der Waals surface area contributed by atoms with E-state index in [0.717, 1.165) is 6.92 Å². The number of esters is 3. The van der Waals surface area contributed by atoms with Crippen molar-refractivity contribution in [3.63, 3.8) is 0 Å². The molecule has 6 rings (SSSR count). The maximum absolute atomic E-state index is 14.9. The standard InChI is InChI=1S/C43H53NO14/c1-22-26(55-37(51)32(48)30(24-15-11-9-12-16-24)44-38(52)58-39(3,4)5)20-43(53)35(56-36(50)25-17-13-10-14-18-25)33-41(8,34(49)31(47)29(22)40(43,6)7)27(46)19-28-42(33,21-54-28)57-23(2)45/h9-18,26-28,30-33,35,46-48,53H,19-21H2,1-8H3,(H,44,52)/t26-,27+,28-,30+,31-,32-,33+,35+,41-,42+,43-/m1/s1. The number of aliphatic hydroxyl groups excluding tert-OH is 3. The molecule has 3 fully saturated rings. The van der Waals surface area contributed by atoms with Crippen LogP contribution in [-0.4, -0.2) is 110 Å². The van der Waals surface area contributed by atoms with Crippen LogP contribution in [0.4, 0.5) is 4.79 Å². The smallest absolute Gasteiger partial charge is 0.408 e. The fourth-order valence-electron chi connectivity index (χ4n) is 9.56. The zero-order chi connectivity index (χ0) is 42.7. The summed E-state index contributed by atoms with van der Waals surface area (Å²) < 4.78 is 29.5. The van der Waals surface area contributed by atoms with E-state index in [-0.39, 0.29) is 29.7 Å². The van der Waals surface area contributed by atoms with Crippen molar-refractivity contribution in [1.82, 2.24) is 5.32 Å². The van der Waals surface area contributed by atoms with E-state index >= 15 is 0 Å². The molecule has 58 heavy (non-hydrogen) atoms. The molecule has 4 aliphatic rings. The molecule has 11 atom stereocenters. The minimum atomic E-state index is -2.35. The number of hydrogen-bond donors (Lipinski definition) is 5. The number of rotatable bonds is 8. The van der Waals surface area contributed by atoms with Crippen LogP contribution in [0.1, 0.15) is 90.2 Å². The summed E-state index contributed by atoms with van der Waals surface area (Å²) in [5, 5.41) is 51.6. The number of carbonyl (C=O) groups is 5. The van der Waals surface area contributed by atoms with E-state index in [1.165, 1.54) is 26.0 Å². The molecule has 15 heteroatoms. The Kier molecular flexibility index (Phi) is 11.2. The van der Waals surface area contributed by atoms with Crippen molar-refractivity contribution in [2.75, 3.05) is 6.61 Å². The SMILES string of the molecule is CC(=O)O[C@@]12CO[C@@H]1C[C@H](O)[C@@]1(C)C(=O)[C@H](O)C3=C(C)[C@H](OC(=O)[C@H](O)[C@@H](NC(=O)OC(C)(C)C)c4ccccc4)C[C@@](O)([C@@H](OC(=O)c4ccccc4)[C@H]21)C3(C)C. The van der Waals surface area contributed by atoms with Gasteiger partial charge in [-0.3, -0.25) is 9.59 Å². The van der Waals surface area contributed by atoms with E-state index in [0.29, 0.717) is 5.56 Å². The lowest BCUT2D eigenvalue weighted by molar-refractivity contribution is -0.346. The summed E-state index contributed by atoms with van der Waals surface area (Å²) in [6, 6.07) is 14.6.